The molecule has 0 saturated heterocycles. The van der Waals surface area contributed by atoms with Crippen molar-refractivity contribution in [2.45, 2.75) is 63.9 Å². The number of benzene rings is 1. The van der Waals surface area contributed by atoms with Crippen LogP contribution >= 0.6 is 0 Å². The number of rotatable bonds is 8. The number of nitrogens with zero attached hydrogens (tertiary/aromatic N) is 1. The first-order valence-electron chi connectivity index (χ1n) is 10.1. The Bertz CT molecular complexity index is 701. The maximum atomic E-state index is 13.6. The summed E-state index contributed by atoms with van der Waals surface area (Å²) in [5.74, 6) is -0.644. The molecule has 0 radical (unpaired) electrons. The van der Waals surface area contributed by atoms with Crippen LogP contribution in [0.1, 0.15) is 63.0 Å². The summed E-state index contributed by atoms with van der Waals surface area (Å²) in [6, 6.07) is 4.94. The molecule has 150 valence electrons. The smallest absolute Gasteiger partial charge is 0.309 e. The molecule has 0 aliphatic heterocycles. The van der Waals surface area contributed by atoms with Crippen LogP contribution in [-0.4, -0.2) is 46.8 Å². The minimum Gasteiger partial charge on any atom is -0.481 e. The van der Waals surface area contributed by atoms with E-state index in [2.05, 4.69) is 18.7 Å². The Kier molecular flexibility index (Phi) is 5.64. The number of fused-ring (bicyclic) bond motifs is 1. The Labute approximate surface area is 161 Å². The van der Waals surface area contributed by atoms with Gasteiger partial charge in [-0.05, 0) is 81.3 Å². The first kappa shape index (κ1) is 20.3. The summed E-state index contributed by atoms with van der Waals surface area (Å²) in [5, 5.41) is 20.8. The molecule has 1 unspecified atom stereocenters. The van der Waals surface area contributed by atoms with Gasteiger partial charge >= 0.3 is 5.97 Å². The third kappa shape index (κ3) is 4.19. The molecule has 4 nitrogen and oxygen atoms in total. The van der Waals surface area contributed by atoms with E-state index in [9.17, 15) is 19.4 Å². The second-order valence-electron chi connectivity index (χ2n) is 9.06. The zero-order valence-electron chi connectivity index (χ0n) is 16.7. The van der Waals surface area contributed by atoms with E-state index in [1.54, 1.807) is 6.07 Å². The number of carboxylic acids is 1. The van der Waals surface area contributed by atoms with Crippen molar-refractivity contribution in [1.29, 1.82) is 0 Å². The maximum absolute atomic E-state index is 13.6. The number of hydrogen-bond donors (Lipinski definition) is 2. The fourth-order valence-corrected chi connectivity index (χ4v) is 4.77. The van der Waals surface area contributed by atoms with E-state index in [1.807, 2.05) is 13.1 Å². The topological polar surface area (TPSA) is 60.8 Å². The van der Waals surface area contributed by atoms with Crippen LogP contribution in [0.25, 0.3) is 0 Å². The van der Waals surface area contributed by atoms with Crippen LogP contribution in [0.5, 0.6) is 0 Å². The van der Waals surface area contributed by atoms with Crippen molar-refractivity contribution in [3.63, 3.8) is 0 Å². The molecule has 27 heavy (non-hydrogen) atoms. The molecule has 2 atom stereocenters. The van der Waals surface area contributed by atoms with Gasteiger partial charge in [0.1, 0.15) is 5.82 Å². The van der Waals surface area contributed by atoms with Gasteiger partial charge in [-0.25, -0.2) is 4.39 Å². The Balaban J connectivity index is 1.64. The van der Waals surface area contributed by atoms with Gasteiger partial charge in [0.25, 0.3) is 0 Å². The van der Waals surface area contributed by atoms with Crippen LogP contribution in [0.4, 0.5) is 4.39 Å². The van der Waals surface area contributed by atoms with Crippen LogP contribution in [-0.2, 0) is 11.2 Å². The molecule has 1 aromatic rings. The van der Waals surface area contributed by atoms with E-state index in [1.165, 1.54) is 6.07 Å². The summed E-state index contributed by atoms with van der Waals surface area (Å²) < 4.78 is 13.6. The van der Waals surface area contributed by atoms with Crippen LogP contribution in [0.15, 0.2) is 18.2 Å². The fourth-order valence-electron chi connectivity index (χ4n) is 4.77. The molecular weight excluding hydrogens is 345 g/mol. The van der Waals surface area contributed by atoms with Gasteiger partial charge in [-0.15, -0.1) is 0 Å². The van der Waals surface area contributed by atoms with Gasteiger partial charge < -0.3 is 15.1 Å². The van der Waals surface area contributed by atoms with Gasteiger partial charge in [0.15, 0.2) is 0 Å². The van der Waals surface area contributed by atoms with Crippen LogP contribution < -0.4 is 0 Å². The lowest BCUT2D eigenvalue weighted by atomic mass is 9.66. The van der Waals surface area contributed by atoms with Gasteiger partial charge in [0.05, 0.1) is 11.0 Å². The van der Waals surface area contributed by atoms with Crippen LogP contribution in [0, 0.1) is 17.2 Å². The Morgan fingerprint density at radius 1 is 1.26 bits per heavy atom. The number of carboxylic acid groups (broad SMARTS) is 1. The van der Waals surface area contributed by atoms with Gasteiger partial charge in [-0.2, -0.15) is 0 Å². The highest BCUT2D eigenvalue weighted by Gasteiger charge is 2.49. The normalized spacial score (nSPS) is 26.3. The maximum Gasteiger partial charge on any atom is 0.309 e. The number of aliphatic hydroxyl groups is 1. The van der Waals surface area contributed by atoms with Crippen LogP contribution in [0.3, 0.4) is 0 Å². The highest BCUT2D eigenvalue weighted by atomic mass is 19.1. The van der Waals surface area contributed by atoms with Crippen molar-refractivity contribution in [2.24, 2.45) is 11.3 Å². The number of aryl methyl sites for hydroxylation is 1. The molecule has 0 bridgehead atoms. The monoisotopic (exact) mass is 377 g/mol. The van der Waals surface area contributed by atoms with Crippen molar-refractivity contribution < 1.29 is 19.4 Å². The van der Waals surface area contributed by atoms with Crippen molar-refractivity contribution in [3.8, 4) is 0 Å². The molecule has 3 rings (SSSR count). The van der Waals surface area contributed by atoms with Crippen LogP contribution in [0.2, 0.25) is 0 Å². The number of aliphatic carboxylic acids is 1. The average molecular weight is 378 g/mol. The van der Waals surface area contributed by atoms with E-state index in [4.69, 9.17) is 0 Å². The Morgan fingerprint density at radius 2 is 1.93 bits per heavy atom. The first-order chi connectivity index (χ1) is 12.7. The fraction of sp³-hybridized carbons (Fsp3) is 0.682. The van der Waals surface area contributed by atoms with Gasteiger partial charge in [-0.1, -0.05) is 19.9 Å². The number of hydrogen-bond acceptors (Lipinski definition) is 3. The quantitative estimate of drug-likeness (QED) is 0.723. The van der Waals surface area contributed by atoms with E-state index >= 15 is 0 Å². The van der Waals surface area contributed by atoms with E-state index in [0.717, 1.165) is 37.1 Å². The highest BCUT2D eigenvalue weighted by molar-refractivity contribution is 5.77. The van der Waals surface area contributed by atoms with Crippen molar-refractivity contribution in [3.05, 3.63) is 35.1 Å². The van der Waals surface area contributed by atoms with Crippen molar-refractivity contribution in [1.82, 2.24) is 4.90 Å². The first-order valence-corrected chi connectivity index (χ1v) is 10.1. The summed E-state index contributed by atoms with van der Waals surface area (Å²) in [7, 11) is 2.00. The molecule has 0 amide bonds. The predicted octanol–water partition coefficient (Wildman–Crippen LogP) is 3.82. The molecule has 2 aliphatic rings. The Morgan fingerprint density at radius 3 is 2.52 bits per heavy atom. The molecule has 0 aromatic heterocycles. The lowest BCUT2D eigenvalue weighted by molar-refractivity contribution is -0.143. The van der Waals surface area contributed by atoms with E-state index in [-0.39, 0.29) is 17.7 Å². The van der Waals surface area contributed by atoms with E-state index in [0.29, 0.717) is 25.7 Å². The lowest BCUT2D eigenvalue weighted by Gasteiger charge is -2.44. The third-order valence-corrected chi connectivity index (χ3v) is 6.72. The SMILES string of the molecule is CC(C)C1c2ccc(F)cc2CC[C@]1(O)CCN(C)CCC1(C(=O)O)CC1. The second kappa shape index (κ2) is 7.51. The summed E-state index contributed by atoms with van der Waals surface area (Å²) in [6.45, 7) is 5.69. The number of carbonyl (C=O) groups is 1. The zero-order chi connectivity index (χ0) is 19.8. The summed E-state index contributed by atoms with van der Waals surface area (Å²) in [6.07, 6.45) is 4.21. The molecule has 1 saturated carbocycles. The molecule has 0 spiro atoms. The molecular formula is C22H32FNO3. The molecule has 1 fully saturated rings. The van der Waals surface area contributed by atoms with Crippen molar-refractivity contribution in [2.75, 3.05) is 20.1 Å². The molecule has 2 N–H and O–H groups in total. The highest BCUT2D eigenvalue weighted by Crippen LogP contribution is 2.49. The standard InChI is InChI=1S/C22H32FNO3/c1-15(2)19-18-5-4-17(23)14-16(18)6-7-22(19,27)11-13-24(3)12-10-21(8-9-21)20(25)26/h4-5,14-15,19,27H,6-13H2,1-3H3,(H,25,26)/t19?,22-/m0/s1. The summed E-state index contributed by atoms with van der Waals surface area (Å²) in [4.78, 5) is 13.5. The van der Waals surface area contributed by atoms with Gasteiger partial charge in [0, 0.05) is 12.5 Å². The second-order valence-corrected chi connectivity index (χ2v) is 9.06. The predicted molar refractivity (Wildman–Crippen MR) is 103 cm³/mol. The Hall–Kier alpha value is -1.46. The lowest BCUT2D eigenvalue weighted by Crippen LogP contribution is -2.45. The molecule has 1 aromatic carbocycles. The summed E-state index contributed by atoms with van der Waals surface area (Å²) >= 11 is 0. The zero-order valence-corrected chi connectivity index (χ0v) is 16.7. The van der Waals surface area contributed by atoms with Crippen molar-refractivity contribution >= 4 is 5.97 Å². The number of halogens is 1. The average Bonchev–Trinajstić information content (AvgIpc) is 3.39. The largest absolute Gasteiger partial charge is 0.481 e. The molecule has 5 heteroatoms. The van der Waals surface area contributed by atoms with E-state index < -0.39 is 17.0 Å². The minimum atomic E-state index is -0.808. The molecule has 0 heterocycles. The van der Waals surface area contributed by atoms with Gasteiger partial charge in [0.2, 0.25) is 0 Å². The summed E-state index contributed by atoms with van der Waals surface area (Å²) in [5.41, 5.74) is 0.783. The third-order valence-electron chi connectivity index (χ3n) is 6.72. The van der Waals surface area contributed by atoms with Gasteiger partial charge in [-0.3, -0.25) is 4.79 Å². The molecule has 2 aliphatic carbocycles. The minimum absolute atomic E-state index is 0.0101.